The van der Waals surface area contributed by atoms with Crippen molar-refractivity contribution >= 4 is 11.8 Å². The molecular formula is C20H21FN2O3. The van der Waals surface area contributed by atoms with E-state index in [1.54, 1.807) is 6.07 Å². The van der Waals surface area contributed by atoms with Crippen LogP contribution in [-0.2, 0) is 17.8 Å². The van der Waals surface area contributed by atoms with Gasteiger partial charge in [0, 0.05) is 19.5 Å². The van der Waals surface area contributed by atoms with Crippen molar-refractivity contribution in [2.24, 2.45) is 0 Å². The smallest absolute Gasteiger partial charge is 0.254 e. The zero-order valence-corrected chi connectivity index (χ0v) is 14.4. The van der Waals surface area contributed by atoms with Gasteiger partial charge < -0.3 is 15.4 Å². The molecule has 6 heteroatoms. The second kappa shape index (κ2) is 8.47. The maximum atomic E-state index is 13.5. The van der Waals surface area contributed by atoms with Crippen molar-refractivity contribution in [3.8, 4) is 5.75 Å². The normalized spacial score (nSPS) is 12.7. The standard InChI is InChI=1S/C20H21FN2O3/c21-17-6-2-1-5-16(17)20(25)22-10-9-19(24)23-13-14-7-8-18-15(12-14)4-3-11-26-18/h1-2,5-8,12H,3-4,9-11,13H2,(H,22,25)(H,23,24). The van der Waals surface area contributed by atoms with E-state index in [0.717, 1.165) is 30.8 Å². The molecule has 3 rings (SSSR count). The number of carbonyl (C=O) groups is 2. The van der Waals surface area contributed by atoms with E-state index in [1.165, 1.54) is 23.8 Å². The molecule has 0 aromatic heterocycles. The minimum Gasteiger partial charge on any atom is -0.493 e. The quantitative estimate of drug-likeness (QED) is 0.836. The minimum atomic E-state index is -0.578. The SMILES string of the molecule is O=C(CCNC(=O)c1ccccc1F)NCc1ccc2c(c1)CCCO2. The van der Waals surface area contributed by atoms with Crippen LogP contribution < -0.4 is 15.4 Å². The maximum absolute atomic E-state index is 13.5. The summed E-state index contributed by atoms with van der Waals surface area (Å²) in [6.45, 7) is 1.33. The summed E-state index contributed by atoms with van der Waals surface area (Å²) in [5.41, 5.74) is 2.15. The average Bonchev–Trinajstić information content (AvgIpc) is 2.66. The lowest BCUT2D eigenvalue weighted by molar-refractivity contribution is -0.121. The van der Waals surface area contributed by atoms with Gasteiger partial charge in [-0.15, -0.1) is 0 Å². The molecule has 136 valence electrons. The van der Waals surface area contributed by atoms with Crippen molar-refractivity contribution in [1.82, 2.24) is 10.6 Å². The fourth-order valence-corrected chi connectivity index (χ4v) is 2.84. The van der Waals surface area contributed by atoms with Gasteiger partial charge in [0.15, 0.2) is 0 Å². The Morgan fingerprint density at radius 2 is 1.96 bits per heavy atom. The van der Waals surface area contributed by atoms with E-state index in [9.17, 15) is 14.0 Å². The molecule has 2 aromatic carbocycles. The first-order chi connectivity index (χ1) is 12.6. The molecule has 26 heavy (non-hydrogen) atoms. The molecule has 2 N–H and O–H groups in total. The Balaban J connectivity index is 1.42. The summed E-state index contributed by atoms with van der Waals surface area (Å²) in [7, 11) is 0. The third kappa shape index (κ3) is 4.59. The summed E-state index contributed by atoms with van der Waals surface area (Å²) in [5.74, 6) is -0.355. The van der Waals surface area contributed by atoms with E-state index in [0.29, 0.717) is 6.54 Å². The first-order valence-electron chi connectivity index (χ1n) is 8.67. The molecule has 5 nitrogen and oxygen atoms in total. The Hall–Kier alpha value is -2.89. The van der Waals surface area contributed by atoms with Crippen LogP contribution in [0.5, 0.6) is 5.75 Å². The van der Waals surface area contributed by atoms with Crippen molar-refractivity contribution in [3.63, 3.8) is 0 Å². The molecule has 1 aliphatic heterocycles. The fourth-order valence-electron chi connectivity index (χ4n) is 2.84. The van der Waals surface area contributed by atoms with E-state index in [-0.39, 0.29) is 24.4 Å². The molecule has 0 unspecified atom stereocenters. The second-order valence-corrected chi connectivity index (χ2v) is 6.16. The Morgan fingerprint density at radius 3 is 2.81 bits per heavy atom. The van der Waals surface area contributed by atoms with Crippen LogP contribution in [0.1, 0.15) is 34.3 Å². The minimum absolute atomic E-state index is 0.0239. The number of halogens is 1. The van der Waals surface area contributed by atoms with Gasteiger partial charge >= 0.3 is 0 Å². The molecular weight excluding hydrogens is 335 g/mol. The first kappa shape index (κ1) is 17.9. The van der Waals surface area contributed by atoms with Crippen LogP contribution in [0, 0.1) is 5.82 Å². The number of fused-ring (bicyclic) bond motifs is 1. The Kier molecular flexibility index (Phi) is 5.84. The zero-order valence-electron chi connectivity index (χ0n) is 14.4. The number of rotatable bonds is 6. The van der Waals surface area contributed by atoms with Crippen molar-refractivity contribution in [2.45, 2.75) is 25.8 Å². The van der Waals surface area contributed by atoms with Gasteiger partial charge in [-0.05, 0) is 42.2 Å². The Bertz CT molecular complexity index is 807. The van der Waals surface area contributed by atoms with Gasteiger partial charge in [-0.2, -0.15) is 0 Å². The lowest BCUT2D eigenvalue weighted by Gasteiger charge is -2.18. The van der Waals surface area contributed by atoms with Gasteiger partial charge in [-0.25, -0.2) is 4.39 Å². The van der Waals surface area contributed by atoms with E-state index in [1.807, 2.05) is 12.1 Å². The van der Waals surface area contributed by atoms with Gasteiger partial charge in [-0.1, -0.05) is 24.3 Å². The summed E-state index contributed by atoms with van der Waals surface area (Å²) in [6, 6.07) is 11.7. The summed E-state index contributed by atoms with van der Waals surface area (Å²) < 4.78 is 19.1. The van der Waals surface area contributed by atoms with Crippen LogP contribution >= 0.6 is 0 Å². The van der Waals surface area contributed by atoms with E-state index in [2.05, 4.69) is 16.7 Å². The highest BCUT2D eigenvalue weighted by Gasteiger charge is 2.12. The molecule has 2 aromatic rings. The number of carbonyl (C=O) groups excluding carboxylic acids is 2. The molecule has 0 saturated carbocycles. The molecule has 0 atom stereocenters. The van der Waals surface area contributed by atoms with Crippen molar-refractivity contribution < 1.29 is 18.7 Å². The number of amides is 2. The second-order valence-electron chi connectivity index (χ2n) is 6.16. The topological polar surface area (TPSA) is 67.4 Å². The Labute approximate surface area is 151 Å². The average molecular weight is 356 g/mol. The number of benzene rings is 2. The van der Waals surface area contributed by atoms with E-state index >= 15 is 0 Å². The highest BCUT2D eigenvalue weighted by atomic mass is 19.1. The van der Waals surface area contributed by atoms with Crippen molar-refractivity contribution in [3.05, 3.63) is 65.0 Å². The summed E-state index contributed by atoms with van der Waals surface area (Å²) >= 11 is 0. The van der Waals surface area contributed by atoms with Crippen molar-refractivity contribution in [1.29, 1.82) is 0 Å². The van der Waals surface area contributed by atoms with Gasteiger partial charge in [-0.3, -0.25) is 9.59 Å². The van der Waals surface area contributed by atoms with Crippen LogP contribution in [0.2, 0.25) is 0 Å². The molecule has 1 heterocycles. The van der Waals surface area contributed by atoms with Crippen LogP contribution in [0.4, 0.5) is 4.39 Å². The lowest BCUT2D eigenvalue weighted by Crippen LogP contribution is -2.31. The van der Waals surface area contributed by atoms with Crippen LogP contribution in [0.25, 0.3) is 0 Å². The zero-order chi connectivity index (χ0) is 18.4. The molecule has 0 radical (unpaired) electrons. The molecule has 2 amide bonds. The molecule has 0 saturated heterocycles. The van der Waals surface area contributed by atoms with Gasteiger partial charge in [0.25, 0.3) is 5.91 Å². The molecule has 0 fully saturated rings. The number of hydrogen-bond acceptors (Lipinski definition) is 3. The molecule has 0 bridgehead atoms. The lowest BCUT2D eigenvalue weighted by atomic mass is 10.0. The predicted octanol–water partition coefficient (Wildman–Crippen LogP) is 2.59. The maximum Gasteiger partial charge on any atom is 0.254 e. The number of aryl methyl sites for hydroxylation is 1. The monoisotopic (exact) mass is 356 g/mol. The number of nitrogens with one attached hydrogen (secondary N) is 2. The van der Waals surface area contributed by atoms with E-state index in [4.69, 9.17) is 4.74 Å². The first-order valence-corrected chi connectivity index (χ1v) is 8.67. The molecule has 0 spiro atoms. The largest absolute Gasteiger partial charge is 0.493 e. The predicted molar refractivity (Wildman–Crippen MR) is 95.5 cm³/mol. The molecule has 0 aliphatic carbocycles. The highest BCUT2D eigenvalue weighted by molar-refractivity contribution is 5.94. The van der Waals surface area contributed by atoms with Gasteiger partial charge in [0.05, 0.1) is 12.2 Å². The number of hydrogen-bond donors (Lipinski definition) is 2. The van der Waals surface area contributed by atoms with Gasteiger partial charge in [0.1, 0.15) is 11.6 Å². The summed E-state index contributed by atoms with van der Waals surface area (Å²) in [5, 5.41) is 5.38. The third-order valence-electron chi connectivity index (χ3n) is 4.22. The fraction of sp³-hybridized carbons (Fsp3) is 0.300. The summed E-state index contributed by atoms with van der Waals surface area (Å²) in [6.07, 6.45) is 2.12. The highest BCUT2D eigenvalue weighted by Crippen LogP contribution is 2.25. The van der Waals surface area contributed by atoms with Gasteiger partial charge in [0.2, 0.25) is 5.91 Å². The van der Waals surface area contributed by atoms with Crippen LogP contribution in [0.3, 0.4) is 0 Å². The Morgan fingerprint density at radius 1 is 1.12 bits per heavy atom. The van der Waals surface area contributed by atoms with Crippen LogP contribution in [-0.4, -0.2) is 25.0 Å². The number of ether oxygens (including phenoxy) is 1. The van der Waals surface area contributed by atoms with Crippen molar-refractivity contribution in [2.75, 3.05) is 13.2 Å². The van der Waals surface area contributed by atoms with Crippen LogP contribution in [0.15, 0.2) is 42.5 Å². The third-order valence-corrected chi connectivity index (χ3v) is 4.22. The molecule has 1 aliphatic rings. The summed E-state index contributed by atoms with van der Waals surface area (Å²) in [4.78, 5) is 23.8. The van der Waals surface area contributed by atoms with E-state index < -0.39 is 11.7 Å².